The van der Waals surface area contributed by atoms with Crippen molar-refractivity contribution in [3.05, 3.63) is 45.2 Å². The number of hydrogen-bond acceptors (Lipinski definition) is 3. The smallest absolute Gasteiger partial charge is 0.271 e. The summed E-state index contributed by atoms with van der Waals surface area (Å²) in [5.74, 6) is 0.484. The van der Waals surface area contributed by atoms with Crippen LogP contribution in [0.1, 0.15) is 50.7 Å². The van der Waals surface area contributed by atoms with Crippen LogP contribution >= 0.6 is 27.3 Å². The number of thiophene rings is 1. The number of sulfonamides is 1. The molecule has 1 N–H and O–H groups in total. The second-order valence-electron chi connectivity index (χ2n) is 5.78. The van der Waals surface area contributed by atoms with E-state index >= 15 is 0 Å². The Morgan fingerprint density at radius 3 is 1.95 bits per heavy atom. The molecule has 1 aromatic carbocycles. The molecule has 2 rings (SSSR count). The van der Waals surface area contributed by atoms with Gasteiger partial charge in [0.2, 0.25) is 0 Å². The molecule has 120 valence electrons. The van der Waals surface area contributed by atoms with Crippen molar-refractivity contribution in [3.8, 4) is 0 Å². The lowest BCUT2D eigenvalue weighted by Crippen LogP contribution is -2.15. The van der Waals surface area contributed by atoms with Crippen LogP contribution in [0.15, 0.2) is 38.3 Å². The SMILES string of the molecule is CC(C)c1cccc(C(C)C)c1NS(=O)(=O)c1ccc(Br)s1. The molecule has 0 aliphatic carbocycles. The highest BCUT2D eigenvalue weighted by atomic mass is 79.9. The first-order chi connectivity index (χ1) is 10.2. The fourth-order valence-corrected chi connectivity index (χ4v) is 5.42. The largest absolute Gasteiger partial charge is 0.278 e. The van der Waals surface area contributed by atoms with Gasteiger partial charge in [0.05, 0.1) is 9.47 Å². The Hall–Kier alpha value is -0.850. The third-order valence-corrected chi connectivity index (χ3v) is 6.89. The van der Waals surface area contributed by atoms with Crippen molar-refractivity contribution in [2.24, 2.45) is 0 Å². The summed E-state index contributed by atoms with van der Waals surface area (Å²) in [6.07, 6.45) is 0. The molecule has 0 amide bonds. The molecule has 0 radical (unpaired) electrons. The van der Waals surface area contributed by atoms with Crippen LogP contribution in [0, 0.1) is 0 Å². The molecular weight excluding hydrogens is 382 g/mol. The van der Waals surface area contributed by atoms with E-state index in [9.17, 15) is 8.42 Å². The van der Waals surface area contributed by atoms with Gasteiger partial charge < -0.3 is 0 Å². The predicted molar refractivity (Wildman–Crippen MR) is 97.4 cm³/mol. The Kier molecular flexibility index (Phi) is 5.35. The van der Waals surface area contributed by atoms with Gasteiger partial charge in [-0.15, -0.1) is 11.3 Å². The van der Waals surface area contributed by atoms with Gasteiger partial charge in [-0.2, -0.15) is 0 Å². The topological polar surface area (TPSA) is 46.2 Å². The summed E-state index contributed by atoms with van der Waals surface area (Å²) in [5, 5.41) is 0. The lowest BCUT2D eigenvalue weighted by molar-refractivity contribution is 0.603. The number of anilines is 1. The highest BCUT2D eigenvalue weighted by Crippen LogP contribution is 2.35. The molecule has 0 saturated carbocycles. The highest BCUT2D eigenvalue weighted by Gasteiger charge is 2.22. The molecule has 22 heavy (non-hydrogen) atoms. The van der Waals surface area contributed by atoms with Gasteiger partial charge in [-0.3, -0.25) is 4.72 Å². The predicted octanol–water partition coefficient (Wildman–Crippen LogP) is 5.56. The van der Waals surface area contributed by atoms with E-state index in [-0.39, 0.29) is 11.8 Å². The van der Waals surface area contributed by atoms with E-state index < -0.39 is 10.0 Å². The number of halogens is 1. The van der Waals surface area contributed by atoms with E-state index in [4.69, 9.17) is 0 Å². The van der Waals surface area contributed by atoms with Crippen LogP contribution in [-0.4, -0.2) is 8.42 Å². The molecule has 3 nitrogen and oxygen atoms in total. The summed E-state index contributed by atoms with van der Waals surface area (Å²) in [4.78, 5) is 0. The van der Waals surface area contributed by atoms with Gasteiger partial charge >= 0.3 is 0 Å². The summed E-state index contributed by atoms with van der Waals surface area (Å²) in [6, 6.07) is 9.32. The molecule has 6 heteroatoms. The van der Waals surface area contributed by atoms with Crippen LogP contribution in [0.4, 0.5) is 5.69 Å². The lowest BCUT2D eigenvalue weighted by atomic mass is 9.93. The van der Waals surface area contributed by atoms with E-state index in [0.29, 0.717) is 4.21 Å². The second-order valence-corrected chi connectivity index (χ2v) is 10.2. The van der Waals surface area contributed by atoms with E-state index in [1.807, 2.05) is 18.2 Å². The van der Waals surface area contributed by atoms with Crippen LogP contribution in [0.5, 0.6) is 0 Å². The third kappa shape index (κ3) is 3.73. The van der Waals surface area contributed by atoms with Crippen LogP contribution < -0.4 is 4.72 Å². The quantitative estimate of drug-likeness (QED) is 0.712. The Morgan fingerprint density at radius 1 is 1.00 bits per heavy atom. The van der Waals surface area contributed by atoms with Gasteiger partial charge in [-0.05, 0) is 51.0 Å². The maximum atomic E-state index is 12.6. The van der Waals surface area contributed by atoms with Crippen LogP contribution in [-0.2, 0) is 10.0 Å². The van der Waals surface area contributed by atoms with Gasteiger partial charge in [0, 0.05) is 0 Å². The Labute approximate surface area is 144 Å². The molecule has 0 aliphatic heterocycles. The normalized spacial score (nSPS) is 12.1. The molecule has 0 unspecified atom stereocenters. The van der Waals surface area contributed by atoms with E-state index in [0.717, 1.165) is 20.6 Å². The van der Waals surface area contributed by atoms with Crippen LogP contribution in [0.3, 0.4) is 0 Å². The van der Waals surface area contributed by atoms with Gasteiger partial charge in [0.15, 0.2) is 0 Å². The van der Waals surface area contributed by atoms with E-state index in [2.05, 4.69) is 48.3 Å². The number of rotatable bonds is 5. The number of para-hydroxylation sites is 1. The summed E-state index contributed by atoms with van der Waals surface area (Å²) >= 11 is 4.52. The van der Waals surface area contributed by atoms with E-state index in [1.165, 1.54) is 11.3 Å². The number of hydrogen-bond donors (Lipinski definition) is 1. The van der Waals surface area contributed by atoms with Gasteiger partial charge in [-0.1, -0.05) is 45.9 Å². The number of benzene rings is 1. The van der Waals surface area contributed by atoms with Crippen molar-refractivity contribution in [2.45, 2.75) is 43.7 Å². The van der Waals surface area contributed by atoms with Crippen molar-refractivity contribution >= 4 is 43.0 Å². The Bertz CT molecular complexity index is 738. The maximum Gasteiger partial charge on any atom is 0.271 e. The molecule has 1 aromatic heterocycles. The summed E-state index contributed by atoms with van der Waals surface area (Å²) in [6.45, 7) is 8.27. The fourth-order valence-electron chi connectivity index (χ4n) is 2.30. The van der Waals surface area contributed by atoms with Crippen molar-refractivity contribution in [1.29, 1.82) is 0 Å². The molecule has 2 aromatic rings. The minimum atomic E-state index is -3.57. The minimum absolute atomic E-state index is 0.242. The molecule has 0 atom stereocenters. The zero-order chi connectivity index (χ0) is 16.5. The molecular formula is C16H20BrNO2S2. The third-order valence-electron chi connectivity index (χ3n) is 3.42. The van der Waals surface area contributed by atoms with Crippen LogP contribution in [0.2, 0.25) is 0 Å². The highest BCUT2D eigenvalue weighted by molar-refractivity contribution is 9.11. The average molecular weight is 402 g/mol. The zero-order valence-electron chi connectivity index (χ0n) is 13.1. The van der Waals surface area contributed by atoms with E-state index in [1.54, 1.807) is 12.1 Å². The summed E-state index contributed by atoms with van der Waals surface area (Å²) in [7, 11) is -3.57. The average Bonchev–Trinajstić information content (AvgIpc) is 2.85. The lowest BCUT2D eigenvalue weighted by Gasteiger charge is -2.20. The monoisotopic (exact) mass is 401 g/mol. The van der Waals surface area contributed by atoms with Crippen molar-refractivity contribution in [3.63, 3.8) is 0 Å². The van der Waals surface area contributed by atoms with Gasteiger partial charge in [0.25, 0.3) is 10.0 Å². The minimum Gasteiger partial charge on any atom is -0.278 e. The molecule has 0 fully saturated rings. The summed E-state index contributed by atoms with van der Waals surface area (Å²) in [5.41, 5.74) is 2.76. The molecule has 0 spiro atoms. The zero-order valence-corrected chi connectivity index (χ0v) is 16.3. The van der Waals surface area contributed by atoms with Crippen molar-refractivity contribution in [1.82, 2.24) is 0 Å². The number of nitrogens with one attached hydrogen (secondary N) is 1. The molecule has 0 bridgehead atoms. The molecule has 1 heterocycles. The van der Waals surface area contributed by atoms with Gasteiger partial charge in [-0.25, -0.2) is 8.42 Å². The second kappa shape index (κ2) is 6.72. The Balaban J connectivity index is 2.52. The summed E-state index contributed by atoms with van der Waals surface area (Å²) < 4.78 is 29.2. The maximum absolute atomic E-state index is 12.6. The fraction of sp³-hybridized carbons (Fsp3) is 0.375. The van der Waals surface area contributed by atoms with Crippen molar-refractivity contribution < 1.29 is 8.42 Å². The molecule has 0 saturated heterocycles. The Morgan fingerprint density at radius 2 is 1.55 bits per heavy atom. The standard InChI is InChI=1S/C16H20BrNO2S2/c1-10(2)12-6-5-7-13(11(3)4)16(12)18-22(19,20)15-9-8-14(17)21-15/h5-11,18H,1-4H3. The molecule has 0 aliphatic rings. The van der Waals surface area contributed by atoms with Crippen LogP contribution in [0.25, 0.3) is 0 Å². The first-order valence-corrected chi connectivity index (χ1v) is 10.2. The first-order valence-electron chi connectivity index (χ1n) is 7.13. The van der Waals surface area contributed by atoms with Gasteiger partial charge in [0.1, 0.15) is 4.21 Å². The first kappa shape index (κ1) is 17.5. The van der Waals surface area contributed by atoms with Crippen molar-refractivity contribution in [2.75, 3.05) is 4.72 Å².